The first kappa shape index (κ1) is 20.6. The summed E-state index contributed by atoms with van der Waals surface area (Å²) in [5.41, 5.74) is 10.3. The molecule has 3 aromatic rings. The fourth-order valence-electron chi connectivity index (χ4n) is 4.92. The molecule has 8 heteroatoms. The lowest BCUT2D eigenvalue weighted by Crippen LogP contribution is -2.44. The molecular formula is C23H23Cl2N5O. The third-order valence-electron chi connectivity index (χ3n) is 6.79. The molecule has 1 aliphatic carbocycles. The molecule has 1 aromatic carbocycles. The minimum Gasteiger partial charge on any atom is -0.382 e. The van der Waals surface area contributed by atoms with Crippen LogP contribution >= 0.6 is 23.2 Å². The number of hydrogen-bond donors (Lipinski definition) is 2. The van der Waals surface area contributed by atoms with E-state index in [9.17, 15) is 5.11 Å². The fourth-order valence-corrected chi connectivity index (χ4v) is 5.31. The molecule has 0 radical (unpaired) electrons. The van der Waals surface area contributed by atoms with Crippen molar-refractivity contribution >= 4 is 29.0 Å². The maximum absolute atomic E-state index is 10.7. The molecule has 160 valence electrons. The number of hydrogen-bond acceptors (Lipinski definition) is 6. The van der Waals surface area contributed by atoms with Crippen molar-refractivity contribution in [1.29, 1.82) is 0 Å². The number of aromatic nitrogens is 3. The second-order valence-corrected chi connectivity index (χ2v) is 9.15. The monoisotopic (exact) mass is 455 g/mol. The molecule has 1 unspecified atom stereocenters. The van der Waals surface area contributed by atoms with Gasteiger partial charge in [0, 0.05) is 30.9 Å². The highest BCUT2D eigenvalue weighted by Gasteiger charge is 2.45. The van der Waals surface area contributed by atoms with Crippen molar-refractivity contribution in [2.24, 2.45) is 11.1 Å². The molecule has 2 atom stereocenters. The second-order valence-electron chi connectivity index (χ2n) is 8.41. The predicted octanol–water partition coefficient (Wildman–Crippen LogP) is 4.10. The first-order valence-electron chi connectivity index (χ1n) is 10.4. The minimum absolute atomic E-state index is 0.0893. The Labute approximate surface area is 191 Å². The smallest absolute Gasteiger partial charge is 0.147 e. The van der Waals surface area contributed by atoms with Crippen molar-refractivity contribution in [3.05, 3.63) is 81.5 Å². The summed E-state index contributed by atoms with van der Waals surface area (Å²) in [5.74, 6) is 0.800. The normalized spacial score (nSPS) is 20.6. The highest BCUT2D eigenvalue weighted by Crippen LogP contribution is 2.50. The minimum atomic E-state index is -1.02. The summed E-state index contributed by atoms with van der Waals surface area (Å²) in [4.78, 5) is 15.1. The van der Waals surface area contributed by atoms with Gasteiger partial charge in [-0.05, 0) is 41.9 Å². The van der Waals surface area contributed by atoms with Crippen molar-refractivity contribution < 1.29 is 5.11 Å². The van der Waals surface area contributed by atoms with E-state index in [1.807, 2.05) is 0 Å². The molecular weight excluding hydrogens is 433 g/mol. The van der Waals surface area contributed by atoms with Crippen molar-refractivity contribution in [3.63, 3.8) is 0 Å². The lowest BCUT2D eigenvalue weighted by Gasteiger charge is -2.42. The molecule has 1 spiro atoms. The maximum Gasteiger partial charge on any atom is 0.147 e. The van der Waals surface area contributed by atoms with Crippen LogP contribution in [0.25, 0.3) is 0 Å². The lowest BCUT2D eigenvalue weighted by molar-refractivity contribution is 0.187. The molecule has 2 aromatic heterocycles. The quantitative estimate of drug-likeness (QED) is 0.577. The number of aliphatic hydroxyl groups is 1. The van der Waals surface area contributed by atoms with E-state index in [0.717, 1.165) is 38.2 Å². The summed E-state index contributed by atoms with van der Waals surface area (Å²) in [6.45, 7) is 1.76. The lowest BCUT2D eigenvalue weighted by atomic mass is 9.73. The molecule has 1 saturated heterocycles. The molecule has 3 N–H and O–H groups in total. The Morgan fingerprint density at radius 3 is 2.55 bits per heavy atom. The van der Waals surface area contributed by atoms with E-state index in [1.54, 1.807) is 18.5 Å². The highest BCUT2D eigenvalue weighted by molar-refractivity contribution is 6.41. The van der Waals surface area contributed by atoms with E-state index in [1.165, 1.54) is 17.3 Å². The van der Waals surface area contributed by atoms with E-state index >= 15 is 0 Å². The van der Waals surface area contributed by atoms with Gasteiger partial charge >= 0.3 is 0 Å². The Bertz CT molecular complexity index is 1100. The second kappa shape index (κ2) is 8.02. The maximum atomic E-state index is 10.7. The predicted molar refractivity (Wildman–Crippen MR) is 121 cm³/mol. The van der Waals surface area contributed by atoms with Crippen LogP contribution in [0.1, 0.15) is 47.4 Å². The van der Waals surface area contributed by atoms with E-state index in [2.05, 4.69) is 44.1 Å². The number of benzene rings is 1. The van der Waals surface area contributed by atoms with Crippen LogP contribution in [0.15, 0.2) is 48.9 Å². The summed E-state index contributed by atoms with van der Waals surface area (Å²) in [6.07, 6.45) is 6.85. The first-order valence-corrected chi connectivity index (χ1v) is 11.1. The number of rotatable bonds is 3. The van der Waals surface area contributed by atoms with Gasteiger partial charge in [0.05, 0.1) is 23.1 Å². The summed E-state index contributed by atoms with van der Waals surface area (Å²) in [5, 5.41) is 11.0. The van der Waals surface area contributed by atoms with Crippen LogP contribution < -0.4 is 10.6 Å². The first-order chi connectivity index (χ1) is 15.0. The molecule has 0 saturated carbocycles. The third-order valence-corrected chi connectivity index (χ3v) is 7.57. The van der Waals surface area contributed by atoms with E-state index < -0.39 is 6.10 Å². The summed E-state index contributed by atoms with van der Waals surface area (Å²) >= 11 is 12.1. The van der Waals surface area contributed by atoms with Gasteiger partial charge in [0.25, 0.3) is 0 Å². The van der Waals surface area contributed by atoms with Crippen LogP contribution in [-0.4, -0.2) is 33.1 Å². The molecule has 2 aliphatic rings. The van der Waals surface area contributed by atoms with Crippen LogP contribution in [-0.2, 0) is 6.42 Å². The Balaban J connectivity index is 1.28. The van der Waals surface area contributed by atoms with Crippen LogP contribution in [0.4, 0.5) is 5.82 Å². The SMILES string of the molecule is N[C@@H]1c2ccccc2CC12CCN(c1cnc(C(O)c3ccnc(Cl)c3Cl)cn1)CC2. The Morgan fingerprint density at radius 2 is 1.84 bits per heavy atom. The number of fused-ring (bicyclic) bond motifs is 1. The number of anilines is 1. The van der Waals surface area contributed by atoms with Crippen LogP contribution in [0.5, 0.6) is 0 Å². The summed E-state index contributed by atoms with van der Waals surface area (Å²) < 4.78 is 0. The fraction of sp³-hybridized carbons (Fsp3) is 0.348. The standard InChI is InChI=1S/C23H23Cl2N5O/c24-19-16(5-8-27-22(19)25)20(31)17-12-29-18(13-28-17)30-9-6-23(7-10-30)11-14-3-1-2-4-15(14)21(23)26/h1-5,8,12-13,20-21,31H,6-7,9-11,26H2/t20?,21-/m1/s1. The van der Waals surface area contributed by atoms with Gasteiger partial charge in [0.15, 0.2) is 0 Å². The van der Waals surface area contributed by atoms with Crippen molar-refractivity contribution in [3.8, 4) is 0 Å². The highest BCUT2D eigenvalue weighted by atomic mass is 35.5. The Kier molecular flexibility index (Phi) is 5.34. The third kappa shape index (κ3) is 3.57. The Hall–Kier alpha value is -2.25. The Morgan fingerprint density at radius 1 is 1.06 bits per heavy atom. The number of piperidine rings is 1. The van der Waals surface area contributed by atoms with Crippen molar-refractivity contribution in [2.75, 3.05) is 18.0 Å². The number of halogens is 2. The number of aliphatic hydroxyl groups excluding tert-OH is 1. The topological polar surface area (TPSA) is 88.2 Å². The number of pyridine rings is 1. The van der Waals surface area contributed by atoms with Gasteiger partial charge in [0.2, 0.25) is 0 Å². The zero-order valence-corrected chi connectivity index (χ0v) is 18.4. The molecule has 5 rings (SSSR count). The van der Waals surface area contributed by atoms with Gasteiger partial charge in [-0.25, -0.2) is 9.97 Å². The average Bonchev–Trinajstić information content (AvgIpc) is 3.07. The van der Waals surface area contributed by atoms with E-state index in [0.29, 0.717) is 11.3 Å². The van der Waals surface area contributed by atoms with Gasteiger partial charge in [-0.1, -0.05) is 47.5 Å². The van der Waals surface area contributed by atoms with E-state index in [-0.39, 0.29) is 21.6 Å². The zero-order valence-electron chi connectivity index (χ0n) is 16.9. The van der Waals surface area contributed by atoms with Crippen LogP contribution in [0, 0.1) is 5.41 Å². The van der Waals surface area contributed by atoms with Gasteiger partial charge in [-0.2, -0.15) is 0 Å². The molecule has 1 fully saturated rings. The molecule has 0 amide bonds. The van der Waals surface area contributed by atoms with Crippen LogP contribution in [0.2, 0.25) is 10.2 Å². The molecule has 6 nitrogen and oxygen atoms in total. The van der Waals surface area contributed by atoms with E-state index in [4.69, 9.17) is 28.9 Å². The number of nitrogens with two attached hydrogens (primary N) is 1. The summed E-state index contributed by atoms with van der Waals surface area (Å²) in [7, 11) is 0. The van der Waals surface area contributed by atoms with Crippen molar-refractivity contribution in [1.82, 2.24) is 15.0 Å². The molecule has 3 heterocycles. The average molecular weight is 456 g/mol. The van der Waals surface area contributed by atoms with Gasteiger partial charge in [-0.15, -0.1) is 0 Å². The van der Waals surface area contributed by atoms with Crippen molar-refractivity contribution in [2.45, 2.75) is 31.4 Å². The molecule has 0 bridgehead atoms. The zero-order chi connectivity index (χ0) is 21.6. The summed E-state index contributed by atoms with van der Waals surface area (Å²) in [6, 6.07) is 10.3. The van der Waals surface area contributed by atoms with Gasteiger partial charge in [-0.3, -0.25) is 4.98 Å². The molecule has 31 heavy (non-hydrogen) atoms. The van der Waals surface area contributed by atoms with Crippen LogP contribution in [0.3, 0.4) is 0 Å². The van der Waals surface area contributed by atoms with Gasteiger partial charge < -0.3 is 15.7 Å². The number of nitrogens with zero attached hydrogens (tertiary/aromatic N) is 4. The molecule has 1 aliphatic heterocycles. The van der Waals surface area contributed by atoms with Gasteiger partial charge in [0.1, 0.15) is 17.1 Å². The largest absolute Gasteiger partial charge is 0.382 e.